The maximum absolute atomic E-state index is 12.8. The lowest BCUT2D eigenvalue weighted by atomic mass is 10.1. The number of fused-ring (bicyclic) bond motifs is 1. The van der Waals surface area contributed by atoms with Crippen LogP contribution in [0.5, 0.6) is 17.2 Å². The normalized spacial score (nSPS) is 11.7. The van der Waals surface area contributed by atoms with E-state index >= 15 is 0 Å². The van der Waals surface area contributed by atoms with E-state index in [1.165, 1.54) is 12.1 Å². The van der Waals surface area contributed by atoms with Crippen molar-refractivity contribution in [2.75, 3.05) is 13.2 Å². The van der Waals surface area contributed by atoms with Gasteiger partial charge in [0, 0.05) is 17.6 Å². The van der Waals surface area contributed by atoms with Crippen molar-refractivity contribution in [1.82, 2.24) is 4.98 Å². The Bertz CT molecular complexity index is 1280. The Kier molecular flexibility index (Phi) is 8.18. The van der Waals surface area contributed by atoms with Gasteiger partial charge < -0.3 is 14.5 Å². The van der Waals surface area contributed by atoms with E-state index < -0.39 is 11.7 Å². The number of aromatic nitrogens is 1. The highest BCUT2D eigenvalue weighted by Gasteiger charge is 2.30. The number of rotatable bonds is 11. The fourth-order valence-electron chi connectivity index (χ4n) is 4.04. The zero-order chi connectivity index (χ0) is 25.5. The van der Waals surface area contributed by atoms with Crippen LogP contribution in [0.2, 0.25) is 0 Å². The van der Waals surface area contributed by atoms with Gasteiger partial charge in [0.1, 0.15) is 17.2 Å². The van der Waals surface area contributed by atoms with Gasteiger partial charge in [0.15, 0.2) is 0 Å². The summed E-state index contributed by atoms with van der Waals surface area (Å²) in [5.74, 6) is 1.65. The number of nitrogens with one attached hydrogen (secondary N) is 1. The van der Waals surface area contributed by atoms with Crippen LogP contribution in [0.3, 0.4) is 0 Å². The minimum Gasteiger partial charge on any atom is -0.493 e. The first-order valence-corrected chi connectivity index (χ1v) is 11.8. The smallest absolute Gasteiger partial charge is 0.416 e. The van der Waals surface area contributed by atoms with Crippen molar-refractivity contribution >= 4 is 10.9 Å². The molecule has 2 N–H and O–H groups in total. The van der Waals surface area contributed by atoms with E-state index in [1.54, 1.807) is 6.07 Å². The second-order valence-corrected chi connectivity index (χ2v) is 8.54. The van der Waals surface area contributed by atoms with E-state index in [0.717, 1.165) is 58.4 Å². The first-order valence-electron chi connectivity index (χ1n) is 11.8. The minimum atomic E-state index is -4.38. The summed E-state index contributed by atoms with van der Waals surface area (Å²) in [6.07, 6.45) is -1.36. The predicted molar refractivity (Wildman–Crippen MR) is 132 cm³/mol. The molecule has 0 amide bonds. The maximum Gasteiger partial charge on any atom is 0.416 e. The van der Waals surface area contributed by atoms with Crippen LogP contribution < -0.4 is 9.47 Å². The van der Waals surface area contributed by atoms with Gasteiger partial charge in [-0.2, -0.15) is 13.2 Å². The van der Waals surface area contributed by atoms with Crippen molar-refractivity contribution in [2.45, 2.75) is 38.8 Å². The van der Waals surface area contributed by atoms with Crippen molar-refractivity contribution in [3.8, 4) is 17.2 Å². The highest BCUT2D eigenvalue weighted by Crippen LogP contribution is 2.33. The molecule has 3 aromatic carbocycles. The maximum atomic E-state index is 12.8. The van der Waals surface area contributed by atoms with Crippen LogP contribution in [0.1, 0.15) is 35.7 Å². The van der Waals surface area contributed by atoms with Crippen LogP contribution in [-0.2, 0) is 30.3 Å². The molecule has 0 aliphatic rings. The van der Waals surface area contributed by atoms with Gasteiger partial charge >= 0.3 is 6.18 Å². The zero-order valence-corrected chi connectivity index (χ0v) is 19.9. The fraction of sp³-hybridized carbons (Fsp3) is 0.286. The SMILES string of the molecule is CCCc1cc(Oc2ccc(C(F)(F)F)cc2)ccc1OCCc1cc2cc(CCOO)ccc2[nH]1. The van der Waals surface area contributed by atoms with E-state index in [-0.39, 0.29) is 6.61 Å². The molecule has 0 aliphatic heterocycles. The monoisotopic (exact) mass is 499 g/mol. The van der Waals surface area contributed by atoms with E-state index in [9.17, 15) is 13.2 Å². The second-order valence-electron chi connectivity index (χ2n) is 8.54. The quantitative estimate of drug-likeness (QED) is 0.165. The average molecular weight is 500 g/mol. The van der Waals surface area contributed by atoms with Crippen LogP contribution in [0, 0.1) is 0 Å². The lowest BCUT2D eigenvalue weighted by Crippen LogP contribution is -2.04. The summed E-state index contributed by atoms with van der Waals surface area (Å²) in [6, 6.07) is 18.3. The van der Waals surface area contributed by atoms with E-state index in [4.69, 9.17) is 14.7 Å². The Morgan fingerprint density at radius 2 is 1.61 bits per heavy atom. The second kappa shape index (κ2) is 11.5. The van der Waals surface area contributed by atoms with Crippen LogP contribution in [-0.4, -0.2) is 23.5 Å². The fourth-order valence-corrected chi connectivity index (χ4v) is 4.04. The third-order valence-electron chi connectivity index (χ3n) is 5.82. The molecule has 1 heterocycles. The minimum absolute atomic E-state index is 0.255. The molecule has 1 aromatic heterocycles. The van der Waals surface area contributed by atoms with Gasteiger partial charge in [-0.1, -0.05) is 19.4 Å². The Hall–Kier alpha value is -3.49. The van der Waals surface area contributed by atoms with Crippen molar-refractivity contribution < 1.29 is 32.8 Å². The molecule has 0 saturated heterocycles. The van der Waals surface area contributed by atoms with Gasteiger partial charge in [0.2, 0.25) is 0 Å². The average Bonchev–Trinajstić information content (AvgIpc) is 3.26. The number of halogens is 3. The summed E-state index contributed by atoms with van der Waals surface area (Å²) in [4.78, 5) is 7.57. The number of aromatic amines is 1. The molecular formula is C28H28F3NO4. The molecule has 0 aliphatic carbocycles. The van der Waals surface area contributed by atoms with Crippen LogP contribution >= 0.6 is 0 Å². The van der Waals surface area contributed by atoms with E-state index in [0.29, 0.717) is 30.9 Å². The molecule has 0 atom stereocenters. The largest absolute Gasteiger partial charge is 0.493 e. The summed E-state index contributed by atoms with van der Waals surface area (Å²) < 4.78 is 50.2. The summed E-state index contributed by atoms with van der Waals surface area (Å²) in [5.41, 5.74) is 3.45. The van der Waals surface area contributed by atoms with Crippen LogP contribution in [0.25, 0.3) is 10.9 Å². The number of hydrogen-bond acceptors (Lipinski definition) is 4. The van der Waals surface area contributed by atoms with Gasteiger partial charge in [0.05, 0.1) is 18.8 Å². The summed E-state index contributed by atoms with van der Waals surface area (Å²) in [7, 11) is 0. The Labute approximate surface area is 207 Å². The molecular weight excluding hydrogens is 471 g/mol. The molecule has 8 heteroatoms. The van der Waals surface area contributed by atoms with Gasteiger partial charge in [-0.15, -0.1) is 0 Å². The topological polar surface area (TPSA) is 63.7 Å². The Morgan fingerprint density at radius 1 is 0.833 bits per heavy atom. The summed E-state index contributed by atoms with van der Waals surface area (Å²) in [5, 5.41) is 9.64. The van der Waals surface area contributed by atoms with Crippen molar-refractivity contribution in [3.63, 3.8) is 0 Å². The highest BCUT2D eigenvalue weighted by molar-refractivity contribution is 5.81. The third-order valence-corrected chi connectivity index (χ3v) is 5.82. The predicted octanol–water partition coefficient (Wildman–Crippen LogP) is 7.59. The number of H-pyrrole nitrogens is 1. The summed E-state index contributed by atoms with van der Waals surface area (Å²) in [6.45, 7) is 2.80. The molecule has 4 rings (SSSR count). The lowest BCUT2D eigenvalue weighted by Gasteiger charge is -2.14. The standard InChI is InChI=1S/C28H28F3NO4/c1-2-3-20-18-25(36-24-7-5-22(6-8-24)28(29,30)31)9-11-27(20)34-14-13-23-17-21-16-19(12-15-35-33)4-10-26(21)32-23/h4-11,16-18,32-33H,2-3,12-15H2,1H3. The van der Waals surface area contributed by atoms with Crippen molar-refractivity contribution in [3.05, 3.63) is 89.1 Å². The van der Waals surface area contributed by atoms with Crippen LogP contribution in [0.15, 0.2) is 66.7 Å². The van der Waals surface area contributed by atoms with Gasteiger partial charge in [0.25, 0.3) is 0 Å². The molecule has 190 valence electrons. The zero-order valence-electron chi connectivity index (χ0n) is 19.9. The number of aryl methyl sites for hydroxylation is 1. The van der Waals surface area contributed by atoms with Crippen molar-refractivity contribution in [1.29, 1.82) is 0 Å². The molecule has 0 bridgehead atoms. The van der Waals surface area contributed by atoms with Crippen LogP contribution in [0.4, 0.5) is 13.2 Å². The molecule has 36 heavy (non-hydrogen) atoms. The van der Waals surface area contributed by atoms with E-state index in [2.05, 4.69) is 28.9 Å². The number of alkyl halides is 3. The van der Waals surface area contributed by atoms with E-state index in [1.807, 2.05) is 24.3 Å². The number of benzene rings is 3. The molecule has 0 radical (unpaired) electrons. The molecule has 4 aromatic rings. The summed E-state index contributed by atoms with van der Waals surface area (Å²) >= 11 is 0. The van der Waals surface area contributed by atoms with Gasteiger partial charge in [-0.3, -0.25) is 5.26 Å². The Morgan fingerprint density at radius 3 is 2.33 bits per heavy atom. The van der Waals surface area contributed by atoms with Gasteiger partial charge in [-0.05, 0) is 90.0 Å². The highest BCUT2D eigenvalue weighted by atomic mass is 19.4. The van der Waals surface area contributed by atoms with Gasteiger partial charge in [-0.25, -0.2) is 4.89 Å². The lowest BCUT2D eigenvalue weighted by molar-refractivity contribution is -0.241. The number of ether oxygens (including phenoxy) is 2. The molecule has 5 nitrogen and oxygen atoms in total. The Balaban J connectivity index is 1.39. The number of hydrogen-bond donors (Lipinski definition) is 2. The molecule has 0 fully saturated rings. The van der Waals surface area contributed by atoms with Crippen molar-refractivity contribution in [2.24, 2.45) is 0 Å². The third kappa shape index (κ3) is 6.59. The molecule has 0 spiro atoms. The molecule has 0 saturated carbocycles. The molecule has 0 unspecified atom stereocenters. The first kappa shape index (κ1) is 25.6. The first-order chi connectivity index (χ1) is 17.4.